The van der Waals surface area contributed by atoms with Crippen LogP contribution in [0.25, 0.3) is 0 Å². The van der Waals surface area contributed by atoms with Crippen molar-refractivity contribution >= 4 is 5.91 Å². The molecule has 1 aromatic rings. The summed E-state index contributed by atoms with van der Waals surface area (Å²) in [6.45, 7) is 3.94. The highest BCUT2D eigenvalue weighted by Crippen LogP contribution is 2.05. The van der Waals surface area contributed by atoms with Crippen molar-refractivity contribution in [3.63, 3.8) is 0 Å². The van der Waals surface area contributed by atoms with E-state index >= 15 is 0 Å². The van der Waals surface area contributed by atoms with Crippen LogP contribution in [0, 0.1) is 0 Å². The highest BCUT2D eigenvalue weighted by Gasteiger charge is 2.19. The van der Waals surface area contributed by atoms with Gasteiger partial charge in [0, 0.05) is 31.7 Å². The highest BCUT2D eigenvalue weighted by atomic mass is 16.5. The number of amides is 1. The third-order valence-electron chi connectivity index (χ3n) is 3.19. The monoisotopic (exact) mass is 249 g/mol. The van der Waals surface area contributed by atoms with Gasteiger partial charge in [0.2, 0.25) is 0 Å². The molecule has 0 atom stereocenters. The summed E-state index contributed by atoms with van der Waals surface area (Å²) in [5.74, 6) is -0.352. The highest BCUT2D eigenvalue weighted by molar-refractivity contribution is 5.93. The van der Waals surface area contributed by atoms with Crippen molar-refractivity contribution in [1.29, 1.82) is 0 Å². The summed E-state index contributed by atoms with van der Waals surface area (Å²) < 4.78 is 0. The lowest BCUT2D eigenvalue weighted by Gasteiger charge is -2.33. The zero-order valence-electron chi connectivity index (χ0n) is 10.6. The minimum absolute atomic E-state index is 0.265. The van der Waals surface area contributed by atoms with E-state index in [9.17, 15) is 10.0 Å². The van der Waals surface area contributed by atoms with E-state index in [1.54, 1.807) is 24.3 Å². The second-order valence-electron chi connectivity index (χ2n) is 4.63. The third-order valence-corrected chi connectivity index (χ3v) is 3.19. The van der Waals surface area contributed by atoms with Crippen molar-refractivity contribution in [2.75, 3.05) is 39.9 Å². The zero-order valence-corrected chi connectivity index (χ0v) is 10.6. The lowest BCUT2D eigenvalue weighted by molar-refractivity contribution is -0.0939. The van der Waals surface area contributed by atoms with Gasteiger partial charge in [-0.3, -0.25) is 14.9 Å². The Labute approximate surface area is 107 Å². The van der Waals surface area contributed by atoms with Crippen molar-refractivity contribution < 1.29 is 10.0 Å². The first-order chi connectivity index (χ1) is 8.66. The van der Waals surface area contributed by atoms with Gasteiger partial charge in [-0.25, -0.2) is 5.06 Å². The standard InChI is InChI=1S/C13H19N3O2/c1-14-7-9-15(10-8-14)11-16(18)13(17)12-5-3-2-4-6-12/h2-6,18H,7-11H2,1H3. The average molecular weight is 249 g/mol. The number of hydrogen-bond acceptors (Lipinski definition) is 4. The van der Waals surface area contributed by atoms with Gasteiger partial charge in [0.15, 0.2) is 0 Å². The maximum Gasteiger partial charge on any atom is 0.278 e. The molecule has 18 heavy (non-hydrogen) atoms. The van der Waals surface area contributed by atoms with Crippen LogP contribution in [-0.2, 0) is 0 Å². The summed E-state index contributed by atoms with van der Waals surface area (Å²) in [6, 6.07) is 8.83. The Balaban J connectivity index is 1.88. The Morgan fingerprint density at radius 1 is 1.22 bits per heavy atom. The lowest BCUT2D eigenvalue weighted by Crippen LogP contribution is -2.49. The number of hydrogen-bond donors (Lipinski definition) is 1. The number of piperazine rings is 1. The molecule has 1 heterocycles. The first-order valence-electron chi connectivity index (χ1n) is 6.13. The molecule has 1 fully saturated rings. The molecule has 98 valence electrons. The lowest BCUT2D eigenvalue weighted by atomic mass is 10.2. The Hall–Kier alpha value is -1.43. The number of carbonyl (C=O) groups is 1. The average Bonchev–Trinajstić information content (AvgIpc) is 2.41. The molecule has 5 heteroatoms. The van der Waals surface area contributed by atoms with Gasteiger partial charge in [-0.15, -0.1) is 0 Å². The smallest absolute Gasteiger partial charge is 0.278 e. The van der Waals surface area contributed by atoms with Gasteiger partial charge < -0.3 is 4.90 Å². The molecule has 1 aliphatic heterocycles. The van der Waals surface area contributed by atoms with E-state index in [2.05, 4.69) is 16.8 Å². The Morgan fingerprint density at radius 2 is 1.83 bits per heavy atom. The molecule has 0 spiro atoms. The number of nitrogens with zero attached hydrogens (tertiary/aromatic N) is 3. The van der Waals surface area contributed by atoms with E-state index in [-0.39, 0.29) is 12.6 Å². The van der Waals surface area contributed by atoms with Gasteiger partial charge >= 0.3 is 0 Å². The molecule has 1 aliphatic rings. The number of likely N-dealkylation sites (N-methyl/N-ethyl adjacent to an activating group) is 1. The van der Waals surface area contributed by atoms with E-state index < -0.39 is 0 Å². The first-order valence-corrected chi connectivity index (χ1v) is 6.13. The van der Waals surface area contributed by atoms with Crippen molar-refractivity contribution in [2.45, 2.75) is 0 Å². The zero-order chi connectivity index (χ0) is 13.0. The van der Waals surface area contributed by atoms with Crippen molar-refractivity contribution in [3.05, 3.63) is 35.9 Å². The second-order valence-corrected chi connectivity index (χ2v) is 4.63. The molecular formula is C13H19N3O2. The van der Waals surface area contributed by atoms with Crippen molar-refractivity contribution in [2.24, 2.45) is 0 Å². The van der Waals surface area contributed by atoms with E-state index in [4.69, 9.17) is 0 Å². The molecule has 2 rings (SSSR count). The predicted octanol–water partition coefficient (Wildman–Crippen LogP) is 0.723. The number of carbonyl (C=O) groups excluding carboxylic acids is 1. The van der Waals surface area contributed by atoms with E-state index in [0.717, 1.165) is 31.2 Å². The number of rotatable bonds is 3. The van der Waals surface area contributed by atoms with Crippen molar-refractivity contribution in [3.8, 4) is 0 Å². The summed E-state index contributed by atoms with van der Waals surface area (Å²) in [5.41, 5.74) is 0.508. The van der Waals surface area contributed by atoms with Crippen molar-refractivity contribution in [1.82, 2.24) is 14.9 Å². The fourth-order valence-corrected chi connectivity index (χ4v) is 1.97. The number of hydroxylamine groups is 2. The van der Waals surface area contributed by atoms with Crippen LogP contribution in [0.5, 0.6) is 0 Å². The van der Waals surface area contributed by atoms with Crippen LogP contribution in [0.1, 0.15) is 10.4 Å². The largest absolute Gasteiger partial charge is 0.304 e. The van der Waals surface area contributed by atoms with Gasteiger partial charge in [-0.05, 0) is 19.2 Å². The summed E-state index contributed by atoms with van der Waals surface area (Å²) >= 11 is 0. The topological polar surface area (TPSA) is 47.0 Å². The Kier molecular flexibility index (Phi) is 4.30. The molecule has 1 aromatic carbocycles. The maximum atomic E-state index is 11.9. The molecule has 0 radical (unpaired) electrons. The van der Waals surface area contributed by atoms with E-state index in [0.29, 0.717) is 5.56 Å². The van der Waals surface area contributed by atoms with Crippen LogP contribution in [0.15, 0.2) is 30.3 Å². The molecule has 0 bridgehead atoms. The number of benzene rings is 1. The van der Waals surface area contributed by atoms with Gasteiger partial charge in [0.05, 0.1) is 0 Å². The fourth-order valence-electron chi connectivity index (χ4n) is 1.97. The summed E-state index contributed by atoms with van der Waals surface area (Å²) in [4.78, 5) is 16.2. The summed E-state index contributed by atoms with van der Waals surface area (Å²) in [6.07, 6.45) is 0. The van der Waals surface area contributed by atoms with Gasteiger partial charge in [0.1, 0.15) is 6.67 Å². The van der Waals surface area contributed by atoms with Crippen LogP contribution >= 0.6 is 0 Å². The van der Waals surface area contributed by atoms with Crippen LogP contribution in [0.4, 0.5) is 0 Å². The third kappa shape index (κ3) is 3.29. The molecule has 1 amide bonds. The van der Waals surface area contributed by atoms with Gasteiger partial charge in [-0.2, -0.15) is 0 Å². The SMILES string of the molecule is CN1CCN(CN(O)C(=O)c2ccccc2)CC1. The molecule has 5 nitrogen and oxygen atoms in total. The molecular weight excluding hydrogens is 230 g/mol. The van der Waals surface area contributed by atoms with Gasteiger partial charge in [0.25, 0.3) is 5.91 Å². The van der Waals surface area contributed by atoms with E-state index in [1.165, 1.54) is 0 Å². The van der Waals surface area contributed by atoms with Crippen LogP contribution < -0.4 is 0 Å². The van der Waals surface area contributed by atoms with E-state index in [1.807, 2.05) is 6.07 Å². The normalized spacial score (nSPS) is 17.7. The Bertz CT molecular complexity index is 388. The van der Waals surface area contributed by atoms with Gasteiger partial charge in [-0.1, -0.05) is 18.2 Å². The molecule has 1 saturated heterocycles. The molecule has 0 unspecified atom stereocenters. The van der Waals surface area contributed by atoms with Crippen LogP contribution in [0.3, 0.4) is 0 Å². The minimum Gasteiger partial charge on any atom is -0.304 e. The minimum atomic E-state index is -0.352. The quantitative estimate of drug-likeness (QED) is 0.633. The summed E-state index contributed by atoms with van der Waals surface area (Å²) in [7, 11) is 2.07. The maximum absolute atomic E-state index is 11.9. The molecule has 0 saturated carbocycles. The predicted molar refractivity (Wildman–Crippen MR) is 68.3 cm³/mol. The Morgan fingerprint density at radius 3 is 2.44 bits per heavy atom. The second kappa shape index (κ2) is 5.95. The first kappa shape index (κ1) is 13.0. The molecule has 0 aliphatic carbocycles. The fraction of sp³-hybridized carbons (Fsp3) is 0.462. The van der Waals surface area contributed by atoms with Crippen LogP contribution in [-0.4, -0.2) is 65.9 Å². The summed E-state index contributed by atoms with van der Waals surface area (Å²) in [5, 5.41) is 10.6. The van der Waals surface area contributed by atoms with Crippen LogP contribution in [0.2, 0.25) is 0 Å². The molecule has 1 N–H and O–H groups in total. The molecule has 0 aromatic heterocycles.